The first-order chi connectivity index (χ1) is 10.3. The van der Waals surface area contributed by atoms with Crippen molar-refractivity contribution in [3.05, 3.63) is 29.8 Å². The highest BCUT2D eigenvalue weighted by Gasteiger charge is 2.20. The van der Waals surface area contributed by atoms with Crippen molar-refractivity contribution in [3.63, 3.8) is 0 Å². The molecular weight excluding hydrogens is 304 g/mol. The van der Waals surface area contributed by atoms with Gasteiger partial charge in [0, 0.05) is 13.1 Å². The molecule has 2 rings (SSSR count). The lowest BCUT2D eigenvalue weighted by Crippen LogP contribution is -2.51. The van der Waals surface area contributed by atoms with Crippen molar-refractivity contribution in [2.24, 2.45) is 0 Å². The van der Waals surface area contributed by atoms with Crippen molar-refractivity contribution in [3.8, 4) is 5.75 Å². The van der Waals surface area contributed by atoms with Crippen LogP contribution in [0, 0.1) is 0 Å². The molecule has 1 aliphatic rings. The van der Waals surface area contributed by atoms with Gasteiger partial charge in [-0.2, -0.15) is 0 Å². The number of methoxy groups -OCH3 is 1. The molecule has 1 saturated heterocycles. The van der Waals surface area contributed by atoms with Crippen LogP contribution in [-0.4, -0.2) is 45.4 Å². The molecule has 0 aliphatic carbocycles. The van der Waals surface area contributed by atoms with Crippen molar-refractivity contribution in [1.29, 1.82) is 0 Å². The van der Waals surface area contributed by atoms with Gasteiger partial charge in [-0.1, -0.05) is 12.1 Å². The third kappa shape index (κ3) is 6.22. The maximum atomic E-state index is 11.8. The standard InChI is InChI=1S/C16H24N2O3.ClH/c1-20-14-7-5-13(6-8-14)4-2-3-9-18-16(19)15-12-21-11-10-17-15;/h5-8,15,17H,2-4,9-12H2,1H3,(H,18,19);1H. The monoisotopic (exact) mass is 328 g/mol. The first-order valence-electron chi connectivity index (χ1n) is 7.51. The normalized spacial score (nSPS) is 17.4. The molecular formula is C16H25ClN2O3. The van der Waals surface area contributed by atoms with Crippen LogP contribution < -0.4 is 15.4 Å². The minimum atomic E-state index is -0.194. The summed E-state index contributed by atoms with van der Waals surface area (Å²) in [6.45, 7) is 2.62. The molecule has 1 unspecified atom stereocenters. The fraction of sp³-hybridized carbons (Fsp3) is 0.562. The summed E-state index contributed by atoms with van der Waals surface area (Å²) in [5, 5.41) is 6.10. The summed E-state index contributed by atoms with van der Waals surface area (Å²) in [6, 6.07) is 7.93. The summed E-state index contributed by atoms with van der Waals surface area (Å²) in [4.78, 5) is 11.8. The number of amides is 1. The number of halogens is 1. The highest BCUT2D eigenvalue weighted by atomic mass is 35.5. The number of unbranched alkanes of at least 4 members (excludes halogenated alkanes) is 1. The van der Waals surface area contributed by atoms with E-state index >= 15 is 0 Å². The molecule has 1 fully saturated rings. The second-order valence-corrected chi connectivity index (χ2v) is 5.18. The Balaban J connectivity index is 0.00000242. The minimum Gasteiger partial charge on any atom is -0.497 e. The van der Waals surface area contributed by atoms with E-state index in [1.807, 2.05) is 12.1 Å². The lowest BCUT2D eigenvalue weighted by atomic mass is 10.1. The molecule has 1 atom stereocenters. The Hall–Kier alpha value is -1.30. The molecule has 124 valence electrons. The number of benzene rings is 1. The zero-order chi connectivity index (χ0) is 14.9. The van der Waals surface area contributed by atoms with Crippen molar-refractivity contribution in [2.75, 3.05) is 33.4 Å². The zero-order valence-electron chi connectivity index (χ0n) is 13.0. The van der Waals surface area contributed by atoms with E-state index in [2.05, 4.69) is 22.8 Å². The molecule has 1 aromatic carbocycles. The average Bonchev–Trinajstić information content (AvgIpc) is 2.55. The molecule has 5 nitrogen and oxygen atoms in total. The molecule has 0 aromatic heterocycles. The number of ether oxygens (including phenoxy) is 2. The van der Waals surface area contributed by atoms with E-state index in [4.69, 9.17) is 9.47 Å². The fourth-order valence-electron chi connectivity index (χ4n) is 2.31. The molecule has 0 spiro atoms. The lowest BCUT2D eigenvalue weighted by Gasteiger charge is -2.22. The van der Waals surface area contributed by atoms with Crippen LogP contribution in [-0.2, 0) is 16.0 Å². The van der Waals surface area contributed by atoms with Crippen LogP contribution in [0.15, 0.2) is 24.3 Å². The number of carbonyl (C=O) groups is 1. The van der Waals surface area contributed by atoms with E-state index in [0.717, 1.165) is 31.6 Å². The van der Waals surface area contributed by atoms with Gasteiger partial charge in [0.1, 0.15) is 11.8 Å². The fourth-order valence-corrected chi connectivity index (χ4v) is 2.31. The number of aryl methyl sites for hydroxylation is 1. The van der Waals surface area contributed by atoms with Gasteiger partial charge < -0.3 is 20.1 Å². The number of hydrogen-bond acceptors (Lipinski definition) is 4. The third-order valence-electron chi connectivity index (χ3n) is 3.59. The predicted octanol–water partition coefficient (Wildman–Crippen LogP) is 1.54. The Labute approximate surface area is 138 Å². The smallest absolute Gasteiger partial charge is 0.239 e. The average molecular weight is 329 g/mol. The van der Waals surface area contributed by atoms with Gasteiger partial charge in [-0.15, -0.1) is 12.4 Å². The zero-order valence-corrected chi connectivity index (χ0v) is 13.8. The molecule has 0 radical (unpaired) electrons. The Morgan fingerprint density at radius 3 is 2.77 bits per heavy atom. The van der Waals surface area contributed by atoms with E-state index < -0.39 is 0 Å². The van der Waals surface area contributed by atoms with Crippen molar-refractivity contribution in [2.45, 2.75) is 25.3 Å². The Morgan fingerprint density at radius 1 is 1.36 bits per heavy atom. The van der Waals surface area contributed by atoms with Crippen molar-refractivity contribution < 1.29 is 14.3 Å². The number of hydrogen-bond donors (Lipinski definition) is 2. The molecule has 1 amide bonds. The van der Waals surface area contributed by atoms with Crippen molar-refractivity contribution in [1.82, 2.24) is 10.6 Å². The quantitative estimate of drug-likeness (QED) is 0.746. The number of carbonyl (C=O) groups excluding carboxylic acids is 1. The molecule has 22 heavy (non-hydrogen) atoms. The van der Waals surface area contributed by atoms with Crippen LogP contribution in [0.3, 0.4) is 0 Å². The van der Waals surface area contributed by atoms with Gasteiger partial charge in [-0.25, -0.2) is 0 Å². The second-order valence-electron chi connectivity index (χ2n) is 5.18. The van der Waals surface area contributed by atoms with E-state index in [9.17, 15) is 4.79 Å². The van der Waals surface area contributed by atoms with Crippen LogP contribution in [0.1, 0.15) is 18.4 Å². The summed E-state index contributed by atoms with van der Waals surface area (Å²) in [7, 11) is 1.67. The summed E-state index contributed by atoms with van der Waals surface area (Å²) >= 11 is 0. The number of morpholine rings is 1. The molecule has 0 bridgehead atoms. The highest BCUT2D eigenvalue weighted by molar-refractivity contribution is 5.85. The topological polar surface area (TPSA) is 59.6 Å². The van der Waals surface area contributed by atoms with Gasteiger partial charge in [-0.3, -0.25) is 4.79 Å². The molecule has 1 aromatic rings. The van der Waals surface area contributed by atoms with Gasteiger partial charge in [-0.05, 0) is 37.0 Å². The predicted molar refractivity (Wildman–Crippen MR) is 88.8 cm³/mol. The van der Waals surface area contributed by atoms with Gasteiger partial charge in [0.2, 0.25) is 5.91 Å². The SMILES string of the molecule is COc1ccc(CCCCNC(=O)C2COCCN2)cc1.Cl. The van der Waals surface area contributed by atoms with Gasteiger partial charge in [0.25, 0.3) is 0 Å². The van der Waals surface area contributed by atoms with E-state index in [0.29, 0.717) is 19.8 Å². The molecule has 6 heteroatoms. The maximum Gasteiger partial charge on any atom is 0.239 e. The van der Waals surface area contributed by atoms with Crippen LogP contribution in [0.5, 0.6) is 5.75 Å². The minimum absolute atomic E-state index is 0. The highest BCUT2D eigenvalue weighted by Crippen LogP contribution is 2.12. The van der Waals surface area contributed by atoms with E-state index in [-0.39, 0.29) is 24.4 Å². The summed E-state index contributed by atoms with van der Waals surface area (Å²) in [6.07, 6.45) is 3.05. The van der Waals surface area contributed by atoms with Crippen LogP contribution in [0.2, 0.25) is 0 Å². The largest absolute Gasteiger partial charge is 0.497 e. The van der Waals surface area contributed by atoms with Gasteiger partial charge >= 0.3 is 0 Å². The van der Waals surface area contributed by atoms with Gasteiger partial charge in [0.15, 0.2) is 0 Å². The Bertz CT molecular complexity index is 434. The van der Waals surface area contributed by atoms with Crippen LogP contribution >= 0.6 is 12.4 Å². The van der Waals surface area contributed by atoms with Crippen LogP contribution in [0.25, 0.3) is 0 Å². The van der Waals surface area contributed by atoms with Gasteiger partial charge in [0.05, 0.1) is 20.3 Å². The second kappa shape index (κ2) is 10.4. The van der Waals surface area contributed by atoms with E-state index in [1.165, 1.54) is 5.56 Å². The molecule has 0 saturated carbocycles. The summed E-state index contributed by atoms with van der Waals surface area (Å²) in [5.41, 5.74) is 1.30. The molecule has 2 N–H and O–H groups in total. The Kier molecular flexibility index (Phi) is 8.89. The third-order valence-corrected chi connectivity index (χ3v) is 3.59. The van der Waals surface area contributed by atoms with Crippen LogP contribution in [0.4, 0.5) is 0 Å². The first-order valence-corrected chi connectivity index (χ1v) is 7.51. The summed E-state index contributed by atoms with van der Waals surface area (Å²) in [5.74, 6) is 0.923. The lowest BCUT2D eigenvalue weighted by molar-refractivity contribution is -0.125. The van der Waals surface area contributed by atoms with E-state index in [1.54, 1.807) is 7.11 Å². The number of rotatable bonds is 7. The number of nitrogens with one attached hydrogen (secondary N) is 2. The Morgan fingerprint density at radius 2 is 2.14 bits per heavy atom. The molecule has 1 aliphatic heterocycles. The summed E-state index contributed by atoms with van der Waals surface area (Å²) < 4.78 is 10.4. The first kappa shape index (κ1) is 18.7. The maximum absolute atomic E-state index is 11.8. The van der Waals surface area contributed by atoms with Crippen molar-refractivity contribution >= 4 is 18.3 Å². The molecule has 1 heterocycles.